The first kappa shape index (κ1) is 34.6. The molecule has 1 N–H and O–H groups in total. The van der Waals surface area contributed by atoms with E-state index in [0.717, 1.165) is 11.1 Å². The van der Waals surface area contributed by atoms with E-state index in [1.54, 1.807) is 60.7 Å². The average Bonchev–Trinajstić information content (AvgIpc) is 3.15. The summed E-state index contributed by atoms with van der Waals surface area (Å²) in [5.74, 6) is -8.04. The lowest BCUT2D eigenvalue weighted by Crippen LogP contribution is -2.62. The molecule has 0 aliphatic heterocycles. The molecule has 258 valence electrons. The Bertz CT molecular complexity index is 1920. The molecule has 0 heterocycles. The molecule has 1 aliphatic carbocycles. The lowest BCUT2D eigenvalue weighted by Gasteiger charge is -2.47. The molecule has 0 saturated heterocycles. The van der Waals surface area contributed by atoms with E-state index in [0.29, 0.717) is 22.6 Å². The van der Waals surface area contributed by atoms with Gasteiger partial charge in [0.1, 0.15) is 24.7 Å². The summed E-state index contributed by atoms with van der Waals surface area (Å²) in [4.78, 5) is 56.3. The number of aliphatic carboxylic acids is 1. The maximum Gasteiger partial charge on any atom is 0.311 e. The second-order valence-corrected chi connectivity index (χ2v) is 12.4. The smallest absolute Gasteiger partial charge is 0.311 e. The van der Waals surface area contributed by atoms with Crippen LogP contribution in [0.15, 0.2) is 146 Å². The third-order valence-electron chi connectivity index (χ3n) is 8.91. The first-order valence-corrected chi connectivity index (χ1v) is 16.7. The molecule has 1 aliphatic rings. The zero-order chi connectivity index (χ0) is 35.6. The van der Waals surface area contributed by atoms with E-state index >= 15 is 0 Å². The fourth-order valence-corrected chi connectivity index (χ4v) is 6.33. The highest BCUT2D eigenvalue weighted by atomic mass is 16.5. The number of rotatable bonds is 14. The van der Waals surface area contributed by atoms with Gasteiger partial charge in [0.15, 0.2) is 0 Å². The molecule has 4 atom stereocenters. The van der Waals surface area contributed by atoms with Crippen molar-refractivity contribution in [3.8, 4) is 11.5 Å². The van der Waals surface area contributed by atoms with E-state index in [1.165, 1.54) is 4.90 Å². The summed E-state index contributed by atoms with van der Waals surface area (Å²) in [5.41, 5.74) is 2.97. The number of hydrogen-bond donors (Lipinski definition) is 1. The van der Waals surface area contributed by atoms with Crippen LogP contribution in [0.1, 0.15) is 22.3 Å². The number of carboxylic acids is 1. The van der Waals surface area contributed by atoms with Crippen LogP contribution in [0, 0.1) is 23.7 Å². The summed E-state index contributed by atoms with van der Waals surface area (Å²) in [6.07, 6.45) is 0. The zero-order valence-corrected chi connectivity index (χ0v) is 27.7. The van der Waals surface area contributed by atoms with Gasteiger partial charge < -0.3 is 24.2 Å². The third-order valence-corrected chi connectivity index (χ3v) is 8.91. The standard InChI is InChI=1S/C42H37NO8/c44-39(43(25-29-13-5-1-6-14-29)26-30-21-23-34(24-22-30)51-33-19-11-4-12-20-33)35-36(40(45)46)38(42(48)50-28-32-17-9-3-10-18-32)37(35)41(47)49-27-31-15-7-2-8-16-31/h1-24,35-38H,25-28H2,(H,45,46)/t35-,36-,37-,38-/m0/s1. The van der Waals surface area contributed by atoms with Crippen LogP contribution in [0.3, 0.4) is 0 Å². The van der Waals surface area contributed by atoms with Crippen LogP contribution < -0.4 is 4.74 Å². The lowest BCUT2D eigenvalue weighted by atomic mass is 9.55. The number of carboxylic acid groups (broad SMARTS) is 1. The first-order chi connectivity index (χ1) is 24.9. The van der Waals surface area contributed by atoms with Gasteiger partial charge in [0.25, 0.3) is 0 Å². The quantitative estimate of drug-likeness (QED) is 0.124. The number of carbonyl (C=O) groups excluding carboxylic acids is 3. The SMILES string of the molecule is O=C(O)[C@@H]1[C@H](C(=O)OCc2ccccc2)[C@@H](C(=O)OCc2ccccc2)[C@H]1C(=O)N(Cc1ccccc1)Cc1ccc(Oc2ccccc2)cc1. The highest BCUT2D eigenvalue weighted by Crippen LogP contribution is 2.49. The second-order valence-electron chi connectivity index (χ2n) is 12.4. The molecule has 0 radical (unpaired) electrons. The number of para-hydroxylation sites is 1. The van der Waals surface area contributed by atoms with Crippen LogP contribution in [0.2, 0.25) is 0 Å². The first-order valence-electron chi connectivity index (χ1n) is 16.7. The van der Waals surface area contributed by atoms with Gasteiger partial charge in [0, 0.05) is 13.1 Å². The van der Waals surface area contributed by atoms with E-state index in [4.69, 9.17) is 14.2 Å². The summed E-state index contributed by atoms with van der Waals surface area (Å²) in [6.45, 7) is 0.0273. The largest absolute Gasteiger partial charge is 0.481 e. The van der Waals surface area contributed by atoms with E-state index in [1.807, 2.05) is 84.9 Å². The number of nitrogens with zero attached hydrogens (tertiary/aromatic N) is 1. The Morgan fingerprint density at radius 1 is 0.471 bits per heavy atom. The summed E-state index contributed by atoms with van der Waals surface area (Å²) in [6, 6.07) is 43.8. The number of amides is 1. The molecule has 9 nitrogen and oxygen atoms in total. The van der Waals surface area contributed by atoms with Crippen LogP contribution in [-0.4, -0.2) is 33.8 Å². The van der Waals surface area contributed by atoms with Crippen LogP contribution >= 0.6 is 0 Å². The molecule has 5 aromatic carbocycles. The van der Waals surface area contributed by atoms with Gasteiger partial charge in [-0.25, -0.2) is 0 Å². The molecule has 1 amide bonds. The molecular formula is C42H37NO8. The highest BCUT2D eigenvalue weighted by Gasteiger charge is 2.65. The van der Waals surface area contributed by atoms with Crippen molar-refractivity contribution in [2.24, 2.45) is 23.7 Å². The Morgan fingerprint density at radius 3 is 1.33 bits per heavy atom. The number of benzene rings is 5. The number of carbonyl (C=O) groups is 4. The van der Waals surface area contributed by atoms with Crippen molar-refractivity contribution < 1.29 is 38.5 Å². The molecule has 0 aromatic heterocycles. The highest BCUT2D eigenvalue weighted by molar-refractivity contribution is 5.98. The molecule has 0 unspecified atom stereocenters. The predicted octanol–water partition coefficient (Wildman–Crippen LogP) is 7.06. The fourth-order valence-electron chi connectivity index (χ4n) is 6.33. The van der Waals surface area contributed by atoms with E-state index in [9.17, 15) is 24.3 Å². The minimum absolute atomic E-state index is 0.105. The van der Waals surface area contributed by atoms with Crippen molar-refractivity contribution in [1.82, 2.24) is 4.90 Å². The molecule has 5 aromatic rings. The minimum Gasteiger partial charge on any atom is -0.481 e. The summed E-state index contributed by atoms with van der Waals surface area (Å²) >= 11 is 0. The van der Waals surface area contributed by atoms with Gasteiger partial charge in [-0.15, -0.1) is 0 Å². The van der Waals surface area contributed by atoms with Crippen LogP contribution in [0.4, 0.5) is 0 Å². The average molecular weight is 684 g/mol. The molecule has 1 saturated carbocycles. The topological polar surface area (TPSA) is 119 Å². The van der Waals surface area contributed by atoms with Crippen molar-refractivity contribution >= 4 is 23.8 Å². The minimum atomic E-state index is -1.50. The molecule has 6 rings (SSSR count). The van der Waals surface area contributed by atoms with Crippen molar-refractivity contribution in [2.45, 2.75) is 26.3 Å². The summed E-state index contributed by atoms with van der Waals surface area (Å²) in [7, 11) is 0. The fraction of sp³-hybridized carbons (Fsp3) is 0.190. The van der Waals surface area contributed by atoms with Crippen molar-refractivity contribution in [1.29, 1.82) is 0 Å². The number of hydrogen-bond acceptors (Lipinski definition) is 7. The predicted molar refractivity (Wildman–Crippen MR) is 188 cm³/mol. The molecule has 9 heteroatoms. The maximum absolute atomic E-state index is 14.6. The summed E-state index contributed by atoms with van der Waals surface area (Å²) < 4.78 is 17.1. The van der Waals surface area contributed by atoms with E-state index in [2.05, 4.69) is 0 Å². The van der Waals surface area contributed by atoms with E-state index in [-0.39, 0.29) is 26.3 Å². The second kappa shape index (κ2) is 16.5. The summed E-state index contributed by atoms with van der Waals surface area (Å²) in [5, 5.41) is 10.4. The van der Waals surface area contributed by atoms with Gasteiger partial charge >= 0.3 is 17.9 Å². The number of esters is 2. The van der Waals surface area contributed by atoms with Gasteiger partial charge in [-0.2, -0.15) is 0 Å². The monoisotopic (exact) mass is 683 g/mol. The maximum atomic E-state index is 14.6. The van der Waals surface area contributed by atoms with Gasteiger partial charge in [0.05, 0.1) is 23.7 Å². The van der Waals surface area contributed by atoms with Crippen LogP contribution in [0.5, 0.6) is 11.5 Å². The van der Waals surface area contributed by atoms with Crippen LogP contribution in [0.25, 0.3) is 0 Å². The van der Waals surface area contributed by atoms with Gasteiger partial charge in [-0.3, -0.25) is 19.2 Å². The normalized spacial score (nSPS) is 17.7. The Kier molecular flexibility index (Phi) is 11.2. The van der Waals surface area contributed by atoms with Crippen LogP contribution in [-0.2, 0) is 55.0 Å². The van der Waals surface area contributed by atoms with Crippen molar-refractivity contribution in [2.75, 3.05) is 0 Å². The van der Waals surface area contributed by atoms with E-state index < -0.39 is 47.5 Å². The third kappa shape index (κ3) is 8.69. The molecular weight excluding hydrogens is 646 g/mol. The Morgan fingerprint density at radius 2 is 0.863 bits per heavy atom. The Balaban J connectivity index is 1.27. The van der Waals surface area contributed by atoms with Gasteiger partial charge in [-0.05, 0) is 46.5 Å². The van der Waals surface area contributed by atoms with Gasteiger partial charge in [0.2, 0.25) is 5.91 Å². The van der Waals surface area contributed by atoms with Crippen molar-refractivity contribution in [3.05, 3.63) is 168 Å². The Hall–Kier alpha value is -6.22. The zero-order valence-electron chi connectivity index (χ0n) is 27.7. The lowest BCUT2D eigenvalue weighted by molar-refractivity contribution is -0.195. The number of ether oxygens (including phenoxy) is 3. The Labute approximate surface area is 296 Å². The molecule has 1 fully saturated rings. The molecule has 0 spiro atoms. The molecule has 0 bridgehead atoms. The van der Waals surface area contributed by atoms with Crippen molar-refractivity contribution in [3.63, 3.8) is 0 Å². The van der Waals surface area contributed by atoms with Gasteiger partial charge in [-0.1, -0.05) is 121 Å². The molecule has 51 heavy (non-hydrogen) atoms.